The molecule has 2 rings (SSSR count). The van der Waals surface area contributed by atoms with Crippen LogP contribution >= 0.6 is 0 Å². The van der Waals surface area contributed by atoms with Gasteiger partial charge in [0.05, 0.1) is 0 Å². The van der Waals surface area contributed by atoms with Gasteiger partial charge in [0.1, 0.15) is 5.75 Å². The van der Waals surface area contributed by atoms with Crippen molar-refractivity contribution in [3.63, 3.8) is 0 Å². The lowest BCUT2D eigenvalue weighted by Crippen LogP contribution is -2.37. The normalized spacial score (nSPS) is 13.3. The van der Waals surface area contributed by atoms with Gasteiger partial charge in [-0.25, -0.2) is 0 Å². The number of phenols is 1. The van der Waals surface area contributed by atoms with Crippen LogP contribution in [0.25, 0.3) is 0 Å². The third-order valence-corrected chi connectivity index (χ3v) is 3.77. The van der Waals surface area contributed by atoms with Crippen molar-refractivity contribution in [2.75, 3.05) is 7.11 Å². The van der Waals surface area contributed by atoms with Crippen molar-refractivity contribution in [1.82, 2.24) is 5.32 Å². The lowest BCUT2D eigenvalue weighted by Gasteiger charge is -2.19. The Labute approximate surface area is 137 Å². The number of amides is 1. The fourth-order valence-corrected chi connectivity index (χ4v) is 2.46. The summed E-state index contributed by atoms with van der Waals surface area (Å²) in [6.07, 6.45) is 1.07. The van der Waals surface area contributed by atoms with Crippen molar-refractivity contribution in [3.05, 3.63) is 65.7 Å². The molecule has 2 aromatic rings. The van der Waals surface area contributed by atoms with Gasteiger partial charge in [-0.3, -0.25) is 4.79 Å². The molecule has 1 amide bonds. The zero-order valence-electron chi connectivity index (χ0n) is 13.5. The molecule has 23 heavy (non-hydrogen) atoms. The zero-order chi connectivity index (χ0) is 16.7. The first kappa shape index (κ1) is 17.0. The molecule has 0 aliphatic carbocycles. The van der Waals surface area contributed by atoms with Crippen LogP contribution in [0.15, 0.2) is 54.6 Å². The summed E-state index contributed by atoms with van der Waals surface area (Å²) in [6.45, 7) is 1.98. The first-order valence-electron chi connectivity index (χ1n) is 7.76. The molecule has 4 nitrogen and oxygen atoms in total. The number of hydrogen-bond acceptors (Lipinski definition) is 3. The van der Waals surface area contributed by atoms with Crippen LogP contribution in [0.1, 0.15) is 30.6 Å². The van der Waals surface area contributed by atoms with Crippen molar-refractivity contribution in [1.29, 1.82) is 0 Å². The predicted octanol–water partition coefficient (Wildman–Crippen LogP) is 3.22. The summed E-state index contributed by atoms with van der Waals surface area (Å²) in [5.74, 6) is 0.137. The number of benzene rings is 2. The third kappa shape index (κ3) is 5.11. The molecule has 0 aliphatic rings. The molecule has 2 atom stereocenters. The first-order valence-corrected chi connectivity index (χ1v) is 7.76. The fourth-order valence-electron chi connectivity index (χ4n) is 2.46. The number of ether oxygens (including phenoxy) is 1. The summed E-state index contributed by atoms with van der Waals surface area (Å²) in [5, 5.41) is 12.3. The van der Waals surface area contributed by atoms with Crippen molar-refractivity contribution in [2.24, 2.45) is 0 Å². The molecule has 0 aliphatic heterocycles. The minimum absolute atomic E-state index is 0.0395. The van der Waals surface area contributed by atoms with Crippen LogP contribution in [-0.4, -0.2) is 24.2 Å². The number of aryl methyl sites for hydroxylation is 1. The van der Waals surface area contributed by atoms with E-state index in [4.69, 9.17) is 4.74 Å². The van der Waals surface area contributed by atoms with Crippen LogP contribution in [0.3, 0.4) is 0 Å². The molecule has 2 aromatic carbocycles. The second-order valence-corrected chi connectivity index (χ2v) is 5.64. The van der Waals surface area contributed by atoms with Crippen molar-refractivity contribution >= 4 is 5.91 Å². The van der Waals surface area contributed by atoms with E-state index in [1.54, 1.807) is 19.2 Å². The molecule has 0 saturated heterocycles. The molecule has 0 spiro atoms. The molecule has 0 radical (unpaired) electrons. The van der Waals surface area contributed by atoms with Crippen molar-refractivity contribution in [3.8, 4) is 5.75 Å². The highest BCUT2D eigenvalue weighted by molar-refractivity contribution is 5.82. The molecule has 0 fully saturated rings. The Morgan fingerprint density at radius 1 is 1.13 bits per heavy atom. The summed E-state index contributed by atoms with van der Waals surface area (Å²) < 4.78 is 5.34. The number of methoxy groups -OCH3 is 1. The number of hydrogen-bond donors (Lipinski definition) is 2. The van der Waals surface area contributed by atoms with E-state index in [9.17, 15) is 9.90 Å². The Morgan fingerprint density at radius 2 is 1.78 bits per heavy atom. The Morgan fingerprint density at radius 3 is 2.39 bits per heavy atom. The summed E-state index contributed by atoms with van der Waals surface area (Å²) in [7, 11) is 1.54. The SMILES string of the molecule is CO[C@H](C(=O)N[C@@H](C)CCc1ccc(O)cc1)c1ccccc1. The topological polar surface area (TPSA) is 58.6 Å². The van der Waals surface area contributed by atoms with Crippen LogP contribution in [0.5, 0.6) is 5.75 Å². The van der Waals surface area contributed by atoms with Crippen LogP contribution in [0.4, 0.5) is 0 Å². The lowest BCUT2D eigenvalue weighted by atomic mass is 10.0. The van der Waals surface area contributed by atoms with E-state index >= 15 is 0 Å². The highest BCUT2D eigenvalue weighted by atomic mass is 16.5. The molecule has 0 saturated carbocycles. The van der Waals surface area contributed by atoms with Crippen LogP contribution < -0.4 is 5.32 Å². The molecule has 2 N–H and O–H groups in total. The summed E-state index contributed by atoms with van der Waals surface area (Å²) in [5.41, 5.74) is 1.98. The maximum atomic E-state index is 12.4. The largest absolute Gasteiger partial charge is 0.508 e. The number of carbonyl (C=O) groups excluding carboxylic acids is 1. The molecule has 122 valence electrons. The Balaban J connectivity index is 1.87. The summed E-state index contributed by atoms with van der Waals surface area (Å²) >= 11 is 0. The average Bonchev–Trinajstić information content (AvgIpc) is 2.56. The highest BCUT2D eigenvalue weighted by Gasteiger charge is 2.21. The fraction of sp³-hybridized carbons (Fsp3) is 0.316. The molecule has 0 bridgehead atoms. The van der Waals surface area contributed by atoms with E-state index in [2.05, 4.69) is 5.32 Å². The standard InChI is InChI=1S/C19H23NO3/c1-14(8-9-15-10-12-17(21)13-11-15)20-19(22)18(23-2)16-6-4-3-5-7-16/h3-7,10-14,18,21H,8-9H2,1-2H3,(H,20,22)/t14-,18-/m0/s1. The number of rotatable bonds is 7. The first-order chi connectivity index (χ1) is 11.1. The van der Waals surface area contributed by atoms with E-state index in [0.29, 0.717) is 0 Å². The van der Waals surface area contributed by atoms with Gasteiger partial charge >= 0.3 is 0 Å². The number of aromatic hydroxyl groups is 1. The maximum Gasteiger partial charge on any atom is 0.253 e. The second-order valence-electron chi connectivity index (χ2n) is 5.64. The Bertz CT molecular complexity index is 610. The van der Waals surface area contributed by atoms with Crippen LogP contribution in [-0.2, 0) is 16.0 Å². The average molecular weight is 313 g/mol. The predicted molar refractivity (Wildman–Crippen MR) is 90.2 cm³/mol. The molecule has 0 unspecified atom stereocenters. The van der Waals surface area contributed by atoms with Gasteiger partial charge in [-0.05, 0) is 43.0 Å². The van der Waals surface area contributed by atoms with Gasteiger partial charge in [-0.1, -0.05) is 42.5 Å². The van der Waals surface area contributed by atoms with E-state index in [-0.39, 0.29) is 17.7 Å². The van der Waals surface area contributed by atoms with Crippen LogP contribution in [0, 0.1) is 0 Å². The summed E-state index contributed by atoms with van der Waals surface area (Å²) in [6, 6.07) is 16.6. The minimum Gasteiger partial charge on any atom is -0.508 e. The molecule has 4 heteroatoms. The molecular formula is C19H23NO3. The minimum atomic E-state index is -0.590. The van der Waals surface area contributed by atoms with Gasteiger partial charge < -0.3 is 15.2 Å². The lowest BCUT2D eigenvalue weighted by molar-refractivity contribution is -0.132. The molecular weight excluding hydrogens is 290 g/mol. The van der Waals surface area contributed by atoms with E-state index in [0.717, 1.165) is 24.0 Å². The van der Waals surface area contributed by atoms with Gasteiger partial charge in [-0.2, -0.15) is 0 Å². The van der Waals surface area contributed by atoms with Crippen molar-refractivity contribution < 1.29 is 14.6 Å². The Kier molecular flexibility index (Phi) is 6.18. The highest BCUT2D eigenvalue weighted by Crippen LogP contribution is 2.17. The van der Waals surface area contributed by atoms with E-state index in [1.807, 2.05) is 49.4 Å². The maximum absolute atomic E-state index is 12.4. The van der Waals surface area contributed by atoms with E-state index in [1.165, 1.54) is 0 Å². The van der Waals surface area contributed by atoms with Crippen LogP contribution in [0.2, 0.25) is 0 Å². The molecule has 0 aromatic heterocycles. The third-order valence-electron chi connectivity index (χ3n) is 3.77. The number of nitrogens with one attached hydrogen (secondary N) is 1. The number of carbonyl (C=O) groups is 1. The van der Waals surface area contributed by atoms with E-state index < -0.39 is 6.10 Å². The Hall–Kier alpha value is -2.33. The van der Waals surface area contributed by atoms with Gasteiger partial charge in [0, 0.05) is 13.2 Å². The monoisotopic (exact) mass is 313 g/mol. The quantitative estimate of drug-likeness (QED) is 0.825. The van der Waals surface area contributed by atoms with Gasteiger partial charge in [0.25, 0.3) is 5.91 Å². The molecule has 0 heterocycles. The van der Waals surface area contributed by atoms with Crippen molar-refractivity contribution in [2.45, 2.75) is 31.9 Å². The smallest absolute Gasteiger partial charge is 0.253 e. The summed E-state index contributed by atoms with van der Waals surface area (Å²) in [4.78, 5) is 12.4. The van der Waals surface area contributed by atoms with Gasteiger partial charge in [0.2, 0.25) is 0 Å². The second kappa shape index (κ2) is 8.34. The van der Waals surface area contributed by atoms with Gasteiger partial charge in [0.15, 0.2) is 6.10 Å². The van der Waals surface area contributed by atoms with Gasteiger partial charge in [-0.15, -0.1) is 0 Å². The number of phenolic OH excluding ortho intramolecular Hbond substituents is 1. The zero-order valence-corrected chi connectivity index (χ0v) is 13.5.